The van der Waals surface area contributed by atoms with Crippen molar-refractivity contribution < 1.29 is 13.5 Å². The van der Waals surface area contributed by atoms with Crippen LogP contribution in [0.25, 0.3) is 0 Å². The third-order valence-corrected chi connectivity index (χ3v) is 5.03. The van der Waals surface area contributed by atoms with E-state index in [1.807, 2.05) is 6.92 Å². The van der Waals surface area contributed by atoms with Crippen LogP contribution in [0.3, 0.4) is 0 Å². The lowest BCUT2D eigenvalue weighted by atomic mass is 10.1. The first-order chi connectivity index (χ1) is 8.58. The van der Waals surface area contributed by atoms with Crippen molar-refractivity contribution in [2.75, 3.05) is 25.4 Å². The lowest BCUT2D eigenvalue weighted by molar-refractivity contribution is 0.314. The Hall–Kier alpha value is -0.130. The molecule has 0 aromatic rings. The van der Waals surface area contributed by atoms with Crippen molar-refractivity contribution in [3.63, 3.8) is 0 Å². The molecule has 0 aromatic carbocycles. The molecule has 1 N–H and O–H groups in total. The van der Waals surface area contributed by atoms with E-state index in [9.17, 15) is 8.42 Å². The maximum atomic E-state index is 11.7. The smallest absolute Gasteiger partial charge is 0.216 e. The average Bonchev–Trinajstić information content (AvgIpc) is 2.32. The van der Waals surface area contributed by atoms with Crippen LogP contribution in [0, 0.1) is 0 Å². The van der Waals surface area contributed by atoms with E-state index in [1.165, 1.54) is 36.4 Å². The summed E-state index contributed by atoms with van der Waals surface area (Å²) in [5.41, 5.74) is 0. The van der Waals surface area contributed by atoms with Crippen LogP contribution in [0.15, 0.2) is 0 Å². The van der Waals surface area contributed by atoms with Crippen LogP contribution in [-0.2, 0) is 10.0 Å². The van der Waals surface area contributed by atoms with Crippen LogP contribution in [-0.4, -0.2) is 43.3 Å². The van der Waals surface area contributed by atoms with E-state index in [4.69, 9.17) is 5.11 Å². The predicted octanol–water partition coefficient (Wildman–Crippen LogP) is 2.38. The molecule has 0 heterocycles. The fourth-order valence-electron chi connectivity index (χ4n) is 1.98. The van der Waals surface area contributed by atoms with Crippen molar-refractivity contribution in [3.05, 3.63) is 0 Å². The Morgan fingerprint density at radius 1 is 0.944 bits per heavy atom. The molecule has 110 valence electrons. The summed E-state index contributed by atoms with van der Waals surface area (Å²) in [4.78, 5) is 0. The van der Waals surface area contributed by atoms with E-state index >= 15 is 0 Å². The first kappa shape index (κ1) is 17.9. The fourth-order valence-corrected chi connectivity index (χ4v) is 3.27. The number of hydrogen-bond donors (Lipinski definition) is 1. The Morgan fingerprint density at radius 2 is 1.50 bits per heavy atom. The molecule has 0 aliphatic heterocycles. The van der Waals surface area contributed by atoms with Gasteiger partial charge in [-0.25, -0.2) is 12.7 Å². The SMILES string of the molecule is CCCCCCCCCN(CC)S(=O)(=O)CCO. The van der Waals surface area contributed by atoms with E-state index < -0.39 is 10.0 Å². The largest absolute Gasteiger partial charge is 0.395 e. The van der Waals surface area contributed by atoms with Crippen molar-refractivity contribution in [1.82, 2.24) is 4.31 Å². The van der Waals surface area contributed by atoms with Gasteiger partial charge >= 0.3 is 0 Å². The standard InChI is InChI=1S/C13H29NO3S/c1-3-5-6-7-8-9-10-11-14(4-2)18(16,17)13-12-15/h15H,3-13H2,1-2H3. The number of unbranched alkanes of at least 4 members (excludes halogenated alkanes) is 6. The summed E-state index contributed by atoms with van der Waals surface area (Å²) in [6.45, 7) is 4.84. The summed E-state index contributed by atoms with van der Waals surface area (Å²) in [7, 11) is -3.24. The van der Waals surface area contributed by atoms with Gasteiger partial charge in [-0.05, 0) is 6.42 Å². The number of rotatable bonds is 12. The zero-order valence-electron chi connectivity index (χ0n) is 11.9. The van der Waals surface area contributed by atoms with Gasteiger partial charge < -0.3 is 5.11 Å². The first-order valence-electron chi connectivity index (χ1n) is 7.17. The lowest BCUT2D eigenvalue weighted by Crippen LogP contribution is -2.34. The van der Waals surface area contributed by atoms with Crippen LogP contribution in [0.5, 0.6) is 0 Å². The quantitative estimate of drug-likeness (QED) is 0.558. The molecule has 0 unspecified atom stereocenters. The Labute approximate surface area is 112 Å². The maximum absolute atomic E-state index is 11.7. The first-order valence-corrected chi connectivity index (χ1v) is 8.78. The summed E-state index contributed by atoms with van der Waals surface area (Å²) in [5.74, 6) is -0.155. The zero-order chi connectivity index (χ0) is 13.9. The molecule has 0 rings (SSSR count). The molecule has 0 amide bonds. The molecule has 0 aliphatic rings. The summed E-state index contributed by atoms with van der Waals surface area (Å²) >= 11 is 0. The summed E-state index contributed by atoms with van der Waals surface area (Å²) in [5, 5.41) is 8.73. The molecule has 0 aromatic heterocycles. The van der Waals surface area contributed by atoms with Crippen molar-refractivity contribution >= 4 is 10.0 Å². The van der Waals surface area contributed by atoms with Crippen LogP contribution < -0.4 is 0 Å². The molecule has 4 nitrogen and oxygen atoms in total. The minimum absolute atomic E-state index is 0.155. The third-order valence-electron chi connectivity index (χ3n) is 3.11. The Balaban J connectivity index is 3.75. The molecule has 0 atom stereocenters. The van der Waals surface area contributed by atoms with Crippen molar-refractivity contribution in [2.45, 2.75) is 58.8 Å². The lowest BCUT2D eigenvalue weighted by Gasteiger charge is -2.19. The number of hydrogen-bond acceptors (Lipinski definition) is 3. The number of aliphatic hydroxyl groups is 1. The molecule has 0 radical (unpaired) electrons. The number of sulfonamides is 1. The molecule has 0 bridgehead atoms. The Kier molecular flexibility index (Phi) is 10.7. The van der Waals surface area contributed by atoms with Crippen LogP contribution in [0.2, 0.25) is 0 Å². The van der Waals surface area contributed by atoms with E-state index in [1.54, 1.807) is 0 Å². The maximum Gasteiger partial charge on any atom is 0.216 e. The molecule has 0 fully saturated rings. The summed E-state index contributed by atoms with van der Waals surface area (Å²) in [6.07, 6.45) is 8.30. The molecule has 5 heteroatoms. The van der Waals surface area contributed by atoms with E-state index in [2.05, 4.69) is 6.92 Å². The summed E-state index contributed by atoms with van der Waals surface area (Å²) < 4.78 is 24.9. The summed E-state index contributed by atoms with van der Waals surface area (Å²) in [6, 6.07) is 0. The highest BCUT2D eigenvalue weighted by Gasteiger charge is 2.18. The second kappa shape index (κ2) is 10.8. The van der Waals surface area contributed by atoms with Crippen molar-refractivity contribution in [2.24, 2.45) is 0 Å². The molecule has 0 saturated heterocycles. The monoisotopic (exact) mass is 279 g/mol. The van der Waals surface area contributed by atoms with Gasteiger partial charge in [-0.15, -0.1) is 0 Å². The average molecular weight is 279 g/mol. The molecule has 0 spiro atoms. The molecule has 0 saturated carbocycles. The van der Waals surface area contributed by atoms with Gasteiger partial charge in [-0.2, -0.15) is 0 Å². The second-order valence-corrected chi connectivity index (χ2v) is 6.74. The number of aliphatic hydroxyl groups excluding tert-OH is 1. The topological polar surface area (TPSA) is 57.6 Å². The minimum Gasteiger partial charge on any atom is -0.395 e. The van der Waals surface area contributed by atoms with Crippen LogP contribution >= 0.6 is 0 Å². The molecular weight excluding hydrogens is 250 g/mol. The van der Waals surface area contributed by atoms with Gasteiger partial charge in [0.25, 0.3) is 0 Å². The molecular formula is C13H29NO3S. The van der Waals surface area contributed by atoms with Gasteiger partial charge in [0, 0.05) is 13.1 Å². The van der Waals surface area contributed by atoms with E-state index in [0.717, 1.165) is 12.8 Å². The van der Waals surface area contributed by atoms with Gasteiger partial charge in [0.2, 0.25) is 10.0 Å². The second-order valence-electron chi connectivity index (χ2n) is 4.65. The molecule has 18 heavy (non-hydrogen) atoms. The van der Waals surface area contributed by atoms with Crippen molar-refractivity contribution in [3.8, 4) is 0 Å². The van der Waals surface area contributed by atoms with Gasteiger partial charge in [-0.1, -0.05) is 52.4 Å². The van der Waals surface area contributed by atoms with Gasteiger partial charge in [-0.3, -0.25) is 0 Å². The fraction of sp³-hybridized carbons (Fsp3) is 1.00. The number of nitrogens with zero attached hydrogens (tertiary/aromatic N) is 1. The normalized spacial score (nSPS) is 12.2. The predicted molar refractivity (Wildman–Crippen MR) is 76.1 cm³/mol. The molecule has 0 aliphatic carbocycles. The minimum atomic E-state index is -3.24. The highest BCUT2D eigenvalue weighted by atomic mass is 32.2. The highest BCUT2D eigenvalue weighted by Crippen LogP contribution is 2.09. The van der Waals surface area contributed by atoms with Gasteiger partial charge in [0.05, 0.1) is 12.4 Å². The van der Waals surface area contributed by atoms with Gasteiger partial charge in [0.15, 0.2) is 0 Å². The van der Waals surface area contributed by atoms with Gasteiger partial charge in [0.1, 0.15) is 0 Å². The van der Waals surface area contributed by atoms with Crippen molar-refractivity contribution in [1.29, 1.82) is 0 Å². The van der Waals surface area contributed by atoms with E-state index in [0.29, 0.717) is 13.1 Å². The third kappa shape index (κ3) is 8.06. The van der Waals surface area contributed by atoms with Crippen LogP contribution in [0.4, 0.5) is 0 Å². The zero-order valence-corrected chi connectivity index (χ0v) is 12.7. The van der Waals surface area contributed by atoms with E-state index in [-0.39, 0.29) is 12.4 Å². The Bertz CT molecular complexity index is 278. The Morgan fingerprint density at radius 3 is 2.00 bits per heavy atom. The van der Waals surface area contributed by atoms with Crippen LogP contribution in [0.1, 0.15) is 58.8 Å². The highest BCUT2D eigenvalue weighted by molar-refractivity contribution is 7.89.